The quantitative estimate of drug-likeness (QED) is 0.459. The Kier molecular flexibility index (Phi) is 6.02. The van der Waals surface area contributed by atoms with Crippen LogP contribution in [0.15, 0.2) is 66.7 Å². The molecule has 0 saturated heterocycles. The van der Waals surface area contributed by atoms with Crippen LogP contribution in [0.25, 0.3) is 6.08 Å². The van der Waals surface area contributed by atoms with Crippen LogP contribution in [0.5, 0.6) is 0 Å². The molecule has 0 aromatic heterocycles. The third-order valence-corrected chi connectivity index (χ3v) is 2.99. The average Bonchev–Trinajstić information content (AvgIpc) is 2.59. The van der Waals surface area contributed by atoms with Gasteiger partial charge in [-0.25, -0.2) is 0 Å². The molecule has 116 valence electrons. The van der Waals surface area contributed by atoms with E-state index in [1.165, 1.54) is 6.08 Å². The predicted molar refractivity (Wildman–Crippen MR) is 93.3 cm³/mol. The van der Waals surface area contributed by atoms with Gasteiger partial charge in [-0.2, -0.15) is 0 Å². The Morgan fingerprint density at radius 3 is 2.13 bits per heavy atom. The lowest BCUT2D eigenvalue weighted by Crippen LogP contribution is -2.48. The number of thiocarbonyl (C=S) groups is 1. The molecule has 0 heterocycles. The second-order valence-corrected chi connectivity index (χ2v) is 4.92. The molecule has 0 aliphatic rings. The van der Waals surface area contributed by atoms with Crippen LogP contribution in [0.2, 0.25) is 0 Å². The maximum absolute atomic E-state index is 11.8. The number of carbonyl (C=O) groups is 2. The molecule has 0 aliphatic carbocycles. The predicted octanol–water partition coefficient (Wildman–Crippen LogP) is 2.04. The van der Waals surface area contributed by atoms with Crippen LogP contribution in [0, 0.1) is 0 Å². The molecule has 0 radical (unpaired) electrons. The van der Waals surface area contributed by atoms with E-state index in [1.807, 2.05) is 36.4 Å². The Bertz CT molecular complexity index is 715. The Morgan fingerprint density at radius 1 is 0.870 bits per heavy atom. The summed E-state index contributed by atoms with van der Waals surface area (Å²) >= 11 is 4.94. The number of benzene rings is 2. The van der Waals surface area contributed by atoms with Crippen molar-refractivity contribution in [1.29, 1.82) is 0 Å². The minimum absolute atomic E-state index is 0.0111. The molecule has 0 unspecified atom stereocenters. The van der Waals surface area contributed by atoms with Gasteiger partial charge in [0.2, 0.25) is 5.91 Å². The first-order chi connectivity index (χ1) is 11.1. The van der Waals surface area contributed by atoms with Gasteiger partial charge < -0.3 is 0 Å². The van der Waals surface area contributed by atoms with Crippen molar-refractivity contribution in [3.63, 3.8) is 0 Å². The summed E-state index contributed by atoms with van der Waals surface area (Å²) in [4.78, 5) is 23.5. The van der Waals surface area contributed by atoms with Crippen LogP contribution in [0.1, 0.15) is 15.9 Å². The van der Waals surface area contributed by atoms with Crippen molar-refractivity contribution in [1.82, 2.24) is 16.2 Å². The van der Waals surface area contributed by atoms with Crippen LogP contribution in [0.4, 0.5) is 0 Å². The number of rotatable bonds is 3. The molecule has 2 aromatic carbocycles. The summed E-state index contributed by atoms with van der Waals surface area (Å²) in [5.74, 6) is -0.734. The van der Waals surface area contributed by atoms with Crippen LogP contribution in [-0.4, -0.2) is 16.9 Å². The molecule has 6 heteroatoms. The largest absolute Gasteiger partial charge is 0.298 e. The molecule has 0 aliphatic heterocycles. The summed E-state index contributed by atoms with van der Waals surface area (Å²) in [6.07, 6.45) is 3.03. The van der Waals surface area contributed by atoms with Gasteiger partial charge in [0.25, 0.3) is 5.91 Å². The van der Waals surface area contributed by atoms with E-state index in [2.05, 4.69) is 16.2 Å². The Labute approximate surface area is 139 Å². The lowest BCUT2D eigenvalue weighted by molar-refractivity contribution is -0.115. The van der Waals surface area contributed by atoms with Gasteiger partial charge in [0.15, 0.2) is 5.11 Å². The molecular weight excluding hydrogens is 310 g/mol. The minimum Gasteiger partial charge on any atom is -0.298 e. The van der Waals surface area contributed by atoms with Crippen LogP contribution < -0.4 is 16.2 Å². The monoisotopic (exact) mass is 325 g/mol. The first-order valence-electron chi connectivity index (χ1n) is 6.84. The van der Waals surface area contributed by atoms with E-state index in [0.717, 1.165) is 5.56 Å². The summed E-state index contributed by atoms with van der Waals surface area (Å²) in [5, 5.41) is 2.45. The summed E-state index contributed by atoms with van der Waals surface area (Å²) in [6, 6.07) is 18.1. The van der Waals surface area contributed by atoms with Crippen LogP contribution >= 0.6 is 12.2 Å². The number of hydrazine groups is 1. The van der Waals surface area contributed by atoms with E-state index in [0.29, 0.717) is 5.56 Å². The average molecular weight is 325 g/mol. The van der Waals surface area contributed by atoms with E-state index in [9.17, 15) is 9.59 Å². The minimum atomic E-state index is -0.389. The van der Waals surface area contributed by atoms with Gasteiger partial charge in [0, 0.05) is 11.6 Å². The molecule has 23 heavy (non-hydrogen) atoms. The zero-order chi connectivity index (χ0) is 16.5. The summed E-state index contributed by atoms with van der Waals surface area (Å²) < 4.78 is 0. The van der Waals surface area contributed by atoms with Crippen molar-refractivity contribution in [2.45, 2.75) is 0 Å². The van der Waals surface area contributed by atoms with Gasteiger partial charge in [0.05, 0.1) is 0 Å². The van der Waals surface area contributed by atoms with E-state index in [-0.39, 0.29) is 16.9 Å². The molecule has 2 rings (SSSR count). The highest BCUT2D eigenvalue weighted by Gasteiger charge is 2.05. The molecule has 3 N–H and O–H groups in total. The number of hydrogen-bond donors (Lipinski definition) is 3. The maximum atomic E-state index is 11.8. The number of carbonyl (C=O) groups excluding carboxylic acids is 2. The van der Waals surface area contributed by atoms with E-state index in [1.54, 1.807) is 30.3 Å². The fourth-order valence-corrected chi connectivity index (χ4v) is 1.85. The van der Waals surface area contributed by atoms with Crippen molar-refractivity contribution in [2.24, 2.45) is 0 Å². The Morgan fingerprint density at radius 2 is 1.48 bits per heavy atom. The molecule has 2 amide bonds. The van der Waals surface area contributed by atoms with Crippen molar-refractivity contribution in [3.8, 4) is 0 Å². The number of hydrogen-bond acceptors (Lipinski definition) is 3. The molecule has 0 saturated carbocycles. The third-order valence-electron chi connectivity index (χ3n) is 2.79. The molecule has 2 aromatic rings. The summed E-state index contributed by atoms with van der Waals surface area (Å²) in [6.45, 7) is 0. The normalized spacial score (nSPS) is 10.1. The molecule has 0 atom stereocenters. The zero-order valence-corrected chi connectivity index (χ0v) is 13.0. The standard InChI is InChI=1S/C17H15N3O2S/c21-15(12-11-13-7-3-1-4-8-13)18-17(23)20-19-16(22)14-9-5-2-6-10-14/h1-12H,(H,19,22)(H2,18,20,21,23). The lowest BCUT2D eigenvalue weighted by atomic mass is 10.2. The van der Waals surface area contributed by atoms with Crippen molar-refractivity contribution in [3.05, 3.63) is 77.9 Å². The van der Waals surface area contributed by atoms with Crippen LogP contribution in [0.3, 0.4) is 0 Å². The molecule has 0 fully saturated rings. The van der Waals surface area contributed by atoms with Gasteiger partial charge >= 0.3 is 0 Å². The van der Waals surface area contributed by atoms with E-state index < -0.39 is 0 Å². The maximum Gasteiger partial charge on any atom is 0.269 e. The van der Waals surface area contributed by atoms with Gasteiger partial charge in [-0.3, -0.25) is 25.8 Å². The fraction of sp³-hybridized carbons (Fsp3) is 0. The molecular formula is C17H15N3O2S. The first-order valence-corrected chi connectivity index (χ1v) is 7.25. The van der Waals surface area contributed by atoms with Crippen LogP contribution in [-0.2, 0) is 4.79 Å². The molecule has 5 nitrogen and oxygen atoms in total. The van der Waals surface area contributed by atoms with E-state index >= 15 is 0 Å². The second-order valence-electron chi connectivity index (χ2n) is 4.51. The highest BCUT2D eigenvalue weighted by atomic mass is 32.1. The highest BCUT2D eigenvalue weighted by molar-refractivity contribution is 7.80. The summed E-state index contributed by atoms with van der Waals surface area (Å²) in [7, 11) is 0. The lowest BCUT2D eigenvalue weighted by Gasteiger charge is -2.09. The van der Waals surface area contributed by atoms with Crippen molar-refractivity contribution < 1.29 is 9.59 Å². The second kappa shape index (κ2) is 8.45. The molecule has 0 bridgehead atoms. The van der Waals surface area contributed by atoms with Gasteiger partial charge in [-0.05, 0) is 36.0 Å². The molecule has 0 spiro atoms. The van der Waals surface area contributed by atoms with Gasteiger partial charge in [-0.15, -0.1) is 0 Å². The van der Waals surface area contributed by atoms with Crippen molar-refractivity contribution >= 4 is 35.2 Å². The smallest absolute Gasteiger partial charge is 0.269 e. The van der Waals surface area contributed by atoms with Crippen molar-refractivity contribution in [2.75, 3.05) is 0 Å². The van der Waals surface area contributed by atoms with E-state index in [4.69, 9.17) is 12.2 Å². The first kappa shape index (κ1) is 16.4. The van der Waals surface area contributed by atoms with Gasteiger partial charge in [-0.1, -0.05) is 48.5 Å². The SMILES string of the molecule is O=C(C=Cc1ccccc1)NC(=S)NNC(=O)c1ccccc1. The summed E-state index contributed by atoms with van der Waals surface area (Å²) in [5.41, 5.74) is 6.27. The third kappa shape index (κ3) is 5.72. The number of nitrogens with one attached hydrogen (secondary N) is 3. The fourth-order valence-electron chi connectivity index (χ4n) is 1.70. The zero-order valence-electron chi connectivity index (χ0n) is 12.2. The number of amides is 2. The highest BCUT2D eigenvalue weighted by Crippen LogP contribution is 2.00. The van der Waals surface area contributed by atoms with Gasteiger partial charge in [0.1, 0.15) is 0 Å². The Hall–Kier alpha value is -2.99. The Balaban J connectivity index is 1.77. The topological polar surface area (TPSA) is 70.2 Å².